The second-order valence-corrected chi connectivity index (χ2v) is 12.4. The van der Waals surface area contributed by atoms with E-state index in [1.165, 1.54) is 6.08 Å². The van der Waals surface area contributed by atoms with E-state index in [4.69, 9.17) is 18.9 Å². The van der Waals surface area contributed by atoms with Gasteiger partial charge >= 0.3 is 5.97 Å². The van der Waals surface area contributed by atoms with E-state index in [1.54, 1.807) is 20.8 Å². The molecule has 0 aromatic rings. The topological polar surface area (TPSA) is 213 Å². The summed E-state index contributed by atoms with van der Waals surface area (Å²) in [6.07, 6.45) is -11.9. The smallest absolute Gasteiger partial charge is 0.336 e. The SMILES string of the molecule is CC1=CC(=O)C(O)C2(C)C1CC1OC(=O)C(OC3OC(CO)C(O)C(O)C3O)C3C(C)C(O)C4(O)OCC13C42. The number of allylic oxidation sites excluding steroid dienone is 1. The fraction of sp³-hybridized carbons (Fsp3) is 0.846. The van der Waals surface area contributed by atoms with Gasteiger partial charge in [0.2, 0.25) is 0 Å². The molecule has 3 aliphatic carbocycles. The minimum atomic E-state index is -2.17. The van der Waals surface area contributed by atoms with Crippen LogP contribution in [0, 0.1) is 34.5 Å². The van der Waals surface area contributed by atoms with Crippen molar-refractivity contribution in [1.82, 2.24) is 0 Å². The predicted octanol–water partition coefficient (Wildman–Crippen LogP) is -3.04. The molecular formula is C26H36O13. The van der Waals surface area contributed by atoms with Gasteiger partial charge in [-0.25, -0.2) is 4.79 Å². The highest BCUT2D eigenvalue weighted by molar-refractivity contribution is 5.96. The summed E-state index contributed by atoms with van der Waals surface area (Å²) in [7, 11) is 0. The van der Waals surface area contributed by atoms with Gasteiger partial charge in [0, 0.05) is 22.7 Å². The summed E-state index contributed by atoms with van der Waals surface area (Å²) in [6.45, 7) is 4.17. The molecule has 39 heavy (non-hydrogen) atoms. The van der Waals surface area contributed by atoms with Crippen molar-refractivity contribution in [3.8, 4) is 0 Å². The number of rotatable bonds is 3. The predicted molar refractivity (Wildman–Crippen MR) is 125 cm³/mol. The van der Waals surface area contributed by atoms with E-state index in [0.29, 0.717) is 5.57 Å². The molecule has 0 aromatic heterocycles. The molecule has 1 spiro atoms. The van der Waals surface area contributed by atoms with Crippen molar-refractivity contribution in [2.45, 2.75) is 88.1 Å². The monoisotopic (exact) mass is 556 g/mol. The normalized spacial score (nSPS) is 58.3. The first-order valence-electron chi connectivity index (χ1n) is 13.4. The zero-order chi connectivity index (χ0) is 28.4. The largest absolute Gasteiger partial charge is 0.460 e. The molecule has 3 heterocycles. The van der Waals surface area contributed by atoms with Gasteiger partial charge in [-0.2, -0.15) is 0 Å². The van der Waals surface area contributed by atoms with Crippen molar-refractivity contribution in [2.24, 2.45) is 34.5 Å². The molecule has 3 aliphatic heterocycles. The van der Waals surface area contributed by atoms with Gasteiger partial charge in [0.25, 0.3) is 0 Å². The highest BCUT2D eigenvalue weighted by Crippen LogP contribution is 2.73. The number of aliphatic hydroxyl groups excluding tert-OH is 6. The Kier molecular flexibility index (Phi) is 6.20. The molecule has 13 heteroatoms. The molecule has 218 valence electrons. The van der Waals surface area contributed by atoms with Crippen molar-refractivity contribution >= 4 is 11.8 Å². The lowest BCUT2D eigenvalue weighted by molar-refractivity contribution is -0.359. The highest BCUT2D eigenvalue weighted by Gasteiger charge is 2.83. The van der Waals surface area contributed by atoms with E-state index in [-0.39, 0.29) is 13.0 Å². The van der Waals surface area contributed by atoms with E-state index in [0.717, 1.165) is 0 Å². The van der Waals surface area contributed by atoms with Crippen LogP contribution in [0.3, 0.4) is 0 Å². The Morgan fingerprint density at radius 1 is 1.10 bits per heavy atom. The Labute approximate surface area is 223 Å². The lowest BCUT2D eigenvalue weighted by atomic mass is 9.38. The Balaban J connectivity index is 1.46. The highest BCUT2D eigenvalue weighted by atomic mass is 16.7. The maximum Gasteiger partial charge on any atom is 0.336 e. The summed E-state index contributed by atoms with van der Waals surface area (Å²) in [5.74, 6) is -6.78. The van der Waals surface area contributed by atoms with Crippen LogP contribution < -0.4 is 0 Å². The third-order valence-corrected chi connectivity index (χ3v) is 10.8. The molecule has 16 atom stereocenters. The first kappa shape index (κ1) is 27.6. The van der Waals surface area contributed by atoms with Gasteiger partial charge in [-0.05, 0) is 31.3 Å². The second-order valence-electron chi connectivity index (χ2n) is 12.4. The molecule has 0 aromatic carbocycles. The maximum absolute atomic E-state index is 13.5. The Morgan fingerprint density at radius 2 is 1.79 bits per heavy atom. The molecule has 6 rings (SSSR count). The van der Waals surface area contributed by atoms with Crippen LogP contribution in [0.5, 0.6) is 0 Å². The van der Waals surface area contributed by atoms with Crippen molar-refractivity contribution in [1.29, 1.82) is 0 Å². The third kappa shape index (κ3) is 3.25. The zero-order valence-electron chi connectivity index (χ0n) is 21.8. The number of esters is 1. The fourth-order valence-corrected chi connectivity index (χ4v) is 9.08. The van der Waals surface area contributed by atoms with Crippen LogP contribution in [0.4, 0.5) is 0 Å². The van der Waals surface area contributed by atoms with E-state index in [2.05, 4.69) is 0 Å². The molecule has 2 bridgehead atoms. The van der Waals surface area contributed by atoms with Gasteiger partial charge in [-0.1, -0.05) is 19.4 Å². The number of ether oxygens (including phenoxy) is 4. The Bertz CT molecular complexity index is 1090. The maximum atomic E-state index is 13.5. The van der Waals surface area contributed by atoms with E-state index >= 15 is 0 Å². The first-order chi connectivity index (χ1) is 18.2. The Morgan fingerprint density at radius 3 is 2.46 bits per heavy atom. The third-order valence-electron chi connectivity index (χ3n) is 10.8. The summed E-state index contributed by atoms with van der Waals surface area (Å²) < 4.78 is 23.3. The van der Waals surface area contributed by atoms with Gasteiger partial charge in [0.05, 0.1) is 13.2 Å². The lowest BCUT2D eigenvalue weighted by Crippen LogP contribution is -2.78. The molecule has 2 saturated carbocycles. The quantitative estimate of drug-likeness (QED) is 0.173. The summed E-state index contributed by atoms with van der Waals surface area (Å²) in [5, 5.41) is 75.2. The number of fused-ring (bicyclic) bond motifs is 1. The standard InChI is InChI=1S/C26H36O13/c1-8-4-11(28)20(33)24(3)10(8)5-13-25-7-36-26(35,23(24)25)19(32)9(2)14(25)18(21(34)38-13)39-22-17(31)16(30)15(29)12(6-27)37-22/h4,9-10,12-20,22-23,27,29-33,35H,5-7H2,1-3H3. The molecule has 3 saturated heterocycles. The van der Waals surface area contributed by atoms with Crippen LogP contribution in [0.25, 0.3) is 0 Å². The van der Waals surface area contributed by atoms with Crippen molar-refractivity contribution in [2.75, 3.05) is 13.2 Å². The van der Waals surface area contributed by atoms with Gasteiger partial charge in [0.1, 0.15) is 42.7 Å². The van der Waals surface area contributed by atoms with E-state index in [1.807, 2.05) is 0 Å². The summed E-state index contributed by atoms with van der Waals surface area (Å²) in [6, 6.07) is 0. The average Bonchev–Trinajstić information content (AvgIpc) is 3.18. The van der Waals surface area contributed by atoms with Crippen LogP contribution in [0.15, 0.2) is 11.6 Å². The van der Waals surface area contributed by atoms with Gasteiger partial charge in [-0.3, -0.25) is 4.79 Å². The number of hydrogen-bond donors (Lipinski definition) is 7. The zero-order valence-corrected chi connectivity index (χ0v) is 21.8. The summed E-state index contributed by atoms with van der Waals surface area (Å²) in [4.78, 5) is 26.4. The number of hydrogen-bond acceptors (Lipinski definition) is 13. The van der Waals surface area contributed by atoms with Crippen molar-refractivity contribution in [3.63, 3.8) is 0 Å². The molecule has 7 N–H and O–H groups in total. The number of aliphatic hydroxyl groups is 7. The summed E-state index contributed by atoms with van der Waals surface area (Å²) in [5.41, 5.74) is -1.84. The summed E-state index contributed by atoms with van der Waals surface area (Å²) >= 11 is 0. The van der Waals surface area contributed by atoms with Gasteiger partial charge in [-0.15, -0.1) is 0 Å². The van der Waals surface area contributed by atoms with Crippen LogP contribution in [-0.4, -0.2) is 122 Å². The van der Waals surface area contributed by atoms with Crippen LogP contribution in [0.1, 0.15) is 27.2 Å². The lowest BCUT2D eigenvalue weighted by Gasteiger charge is -2.68. The van der Waals surface area contributed by atoms with Gasteiger partial charge < -0.3 is 54.7 Å². The first-order valence-corrected chi connectivity index (χ1v) is 13.4. The average molecular weight is 557 g/mol. The molecule has 0 amide bonds. The van der Waals surface area contributed by atoms with Crippen LogP contribution >= 0.6 is 0 Å². The second kappa shape index (κ2) is 8.74. The van der Waals surface area contributed by atoms with Crippen LogP contribution in [0.2, 0.25) is 0 Å². The minimum Gasteiger partial charge on any atom is -0.460 e. The fourth-order valence-electron chi connectivity index (χ4n) is 9.08. The van der Waals surface area contributed by atoms with Crippen molar-refractivity contribution < 1.29 is 64.3 Å². The molecule has 13 nitrogen and oxygen atoms in total. The molecule has 5 fully saturated rings. The molecular weight excluding hydrogens is 520 g/mol. The van der Waals surface area contributed by atoms with Gasteiger partial charge in [0.15, 0.2) is 24.0 Å². The Hall–Kier alpha value is -1.52. The molecule has 6 aliphatic rings. The number of carbonyl (C=O) groups excluding carboxylic acids is 2. The number of carbonyl (C=O) groups is 2. The minimum absolute atomic E-state index is 0.168. The van der Waals surface area contributed by atoms with Crippen molar-refractivity contribution in [3.05, 3.63) is 11.6 Å². The van der Waals surface area contributed by atoms with E-state index < -0.39 is 114 Å². The molecule has 16 unspecified atom stereocenters. The molecule has 0 radical (unpaired) electrons. The van der Waals surface area contributed by atoms with E-state index in [9.17, 15) is 45.3 Å². The van der Waals surface area contributed by atoms with Crippen LogP contribution in [-0.2, 0) is 28.5 Å². The number of ketones is 1.